The summed E-state index contributed by atoms with van der Waals surface area (Å²) < 4.78 is 2.11. The van der Waals surface area contributed by atoms with E-state index in [9.17, 15) is 4.79 Å². The minimum absolute atomic E-state index is 0.165. The first-order valence-electron chi connectivity index (χ1n) is 11.1. The third kappa shape index (κ3) is 6.44. The average molecular weight is 437 g/mol. The Morgan fingerprint density at radius 3 is 2.39 bits per heavy atom. The van der Waals surface area contributed by atoms with Gasteiger partial charge in [-0.2, -0.15) is 0 Å². The third-order valence-corrected chi connectivity index (χ3v) is 6.02. The first kappa shape index (κ1) is 23.1. The number of hydrogen-bond acceptors (Lipinski definition) is 4. The van der Waals surface area contributed by atoms with Gasteiger partial charge < -0.3 is 4.90 Å². The predicted molar refractivity (Wildman–Crippen MR) is 128 cm³/mol. The van der Waals surface area contributed by atoms with Crippen molar-refractivity contribution in [3.05, 3.63) is 71.5 Å². The van der Waals surface area contributed by atoms with E-state index in [0.29, 0.717) is 5.75 Å². The van der Waals surface area contributed by atoms with Crippen LogP contribution in [0, 0.1) is 6.92 Å². The molecule has 164 valence electrons. The van der Waals surface area contributed by atoms with Gasteiger partial charge in [0.05, 0.1) is 5.75 Å². The Kier molecular flexibility index (Phi) is 8.71. The van der Waals surface area contributed by atoms with Gasteiger partial charge in [-0.15, -0.1) is 10.2 Å². The van der Waals surface area contributed by atoms with Gasteiger partial charge in [0.25, 0.3) is 0 Å². The predicted octanol–water partition coefficient (Wildman–Crippen LogP) is 5.10. The minimum atomic E-state index is 0.165. The molecule has 2 aromatic carbocycles. The van der Waals surface area contributed by atoms with E-state index in [1.165, 1.54) is 22.9 Å². The monoisotopic (exact) mass is 436 g/mol. The number of thioether (sulfide) groups is 1. The number of benzene rings is 2. The molecule has 31 heavy (non-hydrogen) atoms. The van der Waals surface area contributed by atoms with Gasteiger partial charge in [0.2, 0.25) is 5.91 Å². The smallest absolute Gasteiger partial charge is 0.233 e. The standard InChI is InChI=1S/C25H32N4OS/c1-4-16-28(17-5-2)24(30)19-31-25-27-26-23(15-14-21-11-7-6-8-12-21)29(25)22-13-9-10-20(3)18-22/h6-13,18H,4-5,14-17,19H2,1-3H3. The Bertz CT molecular complexity index is 965. The van der Waals surface area contributed by atoms with Crippen molar-refractivity contribution in [1.29, 1.82) is 0 Å². The summed E-state index contributed by atoms with van der Waals surface area (Å²) in [5.41, 5.74) is 3.51. The molecule has 0 N–H and O–H groups in total. The molecule has 3 aromatic rings. The highest BCUT2D eigenvalue weighted by atomic mass is 32.2. The fourth-order valence-corrected chi connectivity index (χ4v) is 4.48. The quantitative estimate of drug-likeness (QED) is 0.392. The lowest BCUT2D eigenvalue weighted by Gasteiger charge is -2.21. The summed E-state index contributed by atoms with van der Waals surface area (Å²) in [4.78, 5) is 14.7. The fraction of sp³-hybridized carbons (Fsp3) is 0.400. The van der Waals surface area contributed by atoms with Crippen LogP contribution in [-0.2, 0) is 17.6 Å². The van der Waals surface area contributed by atoms with Gasteiger partial charge in [-0.1, -0.05) is 68.1 Å². The third-order valence-electron chi connectivity index (χ3n) is 5.10. The second-order valence-corrected chi connectivity index (χ2v) is 8.67. The van der Waals surface area contributed by atoms with Crippen molar-refractivity contribution in [2.24, 2.45) is 0 Å². The van der Waals surface area contributed by atoms with Crippen LogP contribution in [0.3, 0.4) is 0 Å². The molecule has 1 aromatic heterocycles. The van der Waals surface area contributed by atoms with Crippen LogP contribution < -0.4 is 0 Å². The number of hydrogen-bond donors (Lipinski definition) is 0. The zero-order chi connectivity index (χ0) is 22.1. The Morgan fingerprint density at radius 2 is 1.71 bits per heavy atom. The van der Waals surface area contributed by atoms with E-state index in [1.54, 1.807) is 0 Å². The Morgan fingerprint density at radius 1 is 0.968 bits per heavy atom. The highest BCUT2D eigenvalue weighted by Crippen LogP contribution is 2.24. The molecule has 0 aliphatic carbocycles. The fourth-order valence-electron chi connectivity index (χ4n) is 3.60. The Hall–Kier alpha value is -2.60. The maximum Gasteiger partial charge on any atom is 0.233 e. The molecule has 0 unspecified atom stereocenters. The first-order chi connectivity index (χ1) is 15.1. The molecule has 6 heteroatoms. The molecule has 5 nitrogen and oxygen atoms in total. The van der Waals surface area contributed by atoms with Crippen molar-refractivity contribution in [3.63, 3.8) is 0 Å². The number of amides is 1. The van der Waals surface area contributed by atoms with E-state index >= 15 is 0 Å². The molecule has 0 atom stereocenters. The molecule has 0 aliphatic rings. The van der Waals surface area contributed by atoms with Crippen LogP contribution in [0.25, 0.3) is 5.69 Å². The summed E-state index contributed by atoms with van der Waals surface area (Å²) in [5, 5.41) is 9.74. The zero-order valence-electron chi connectivity index (χ0n) is 18.8. The number of carbonyl (C=O) groups is 1. The Balaban J connectivity index is 1.81. The highest BCUT2D eigenvalue weighted by Gasteiger charge is 2.18. The summed E-state index contributed by atoms with van der Waals surface area (Å²) in [7, 11) is 0. The normalized spacial score (nSPS) is 10.9. The van der Waals surface area contributed by atoms with Gasteiger partial charge in [-0.25, -0.2) is 0 Å². The van der Waals surface area contributed by atoms with Gasteiger partial charge in [0.1, 0.15) is 5.82 Å². The number of nitrogens with zero attached hydrogens (tertiary/aromatic N) is 4. The Labute approximate surface area is 189 Å². The summed E-state index contributed by atoms with van der Waals surface area (Å²) in [6.07, 6.45) is 3.63. The molecular weight excluding hydrogens is 404 g/mol. The van der Waals surface area contributed by atoms with Crippen molar-refractivity contribution in [1.82, 2.24) is 19.7 Å². The number of aromatic nitrogens is 3. The van der Waals surface area contributed by atoms with Crippen LogP contribution in [0.2, 0.25) is 0 Å². The van der Waals surface area contributed by atoms with Crippen LogP contribution in [-0.4, -0.2) is 44.4 Å². The molecule has 0 fully saturated rings. The van der Waals surface area contributed by atoms with E-state index in [1.807, 2.05) is 11.0 Å². The van der Waals surface area contributed by atoms with E-state index < -0.39 is 0 Å². The molecule has 1 heterocycles. The summed E-state index contributed by atoms with van der Waals surface area (Å²) >= 11 is 1.48. The summed E-state index contributed by atoms with van der Waals surface area (Å²) in [5.74, 6) is 1.46. The van der Waals surface area contributed by atoms with Gasteiger partial charge in [0, 0.05) is 25.2 Å². The van der Waals surface area contributed by atoms with Gasteiger partial charge in [-0.3, -0.25) is 9.36 Å². The molecule has 1 amide bonds. The zero-order valence-corrected chi connectivity index (χ0v) is 19.6. The van der Waals surface area contributed by atoms with E-state index in [4.69, 9.17) is 0 Å². The van der Waals surface area contributed by atoms with Crippen LogP contribution >= 0.6 is 11.8 Å². The molecule has 0 radical (unpaired) electrons. The van der Waals surface area contributed by atoms with Crippen molar-refractivity contribution >= 4 is 17.7 Å². The highest BCUT2D eigenvalue weighted by molar-refractivity contribution is 7.99. The maximum atomic E-state index is 12.8. The van der Waals surface area contributed by atoms with E-state index in [-0.39, 0.29) is 5.91 Å². The van der Waals surface area contributed by atoms with Crippen molar-refractivity contribution < 1.29 is 4.79 Å². The summed E-state index contributed by atoms with van der Waals surface area (Å²) in [6.45, 7) is 7.91. The van der Waals surface area contributed by atoms with Crippen molar-refractivity contribution in [2.75, 3.05) is 18.8 Å². The lowest BCUT2D eigenvalue weighted by Crippen LogP contribution is -2.33. The van der Waals surface area contributed by atoms with Crippen molar-refractivity contribution in [3.8, 4) is 5.69 Å². The molecule has 3 rings (SSSR count). The van der Waals surface area contributed by atoms with Crippen molar-refractivity contribution in [2.45, 2.75) is 51.6 Å². The van der Waals surface area contributed by atoms with Crippen LogP contribution in [0.1, 0.15) is 43.6 Å². The van der Waals surface area contributed by atoms with Gasteiger partial charge in [-0.05, 0) is 49.4 Å². The van der Waals surface area contributed by atoms with Crippen LogP contribution in [0.5, 0.6) is 0 Å². The number of carbonyl (C=O) groups excluding carboxylic acids is 1. The second-order valence-electron chi connectivity index (χ2n) is 7.73. The maximum absolute atomic E-state index is 12.8. The molecule has 0 spiro atoms. The second kappa shape index (κ2) is 11.7. The molecule has 0 aliphatic heterocycles. The largest absolute Gasteiger partial charge is 0.342 e. The molecule has 0 bridgehead atoms. The van der Waals surface area contributed by atoms with Gasteiger partial charge >= 0.3 is 0 Å². The summed E-state index contributed by atoms with van der Waals surface area (Å²) in [6, 6.07) is 18.8. The lowest BCUT2D eigenvalue weighted by molar-refractivity contribution is -0.128. The van der Waals surface area contributed by atoms with Crippen LogP contribution in [0.15, 0.2) is 59.8 Å². The molecule has 0 saturated heterocycles. The van der Waals surface area contributed by atoms with E-state index in [0.717, 1.165) is 55.4 Å². The van der Waals surface area contributed by atoms with E-state index in [2.05, 4.69) is 84.1 Å². The number of aryl methyl sites for hydroxylation is 3. The lowest BCUT2D eigenvalue weighted by atomic mass is 10.1. The SMILES string of the molecule is CCCN(CCC)C(=O)CSc1nnc(CCc2ccccc2)n1-c1cccc(C)c1. The first-order valence-corrected chi connectivity index (χ1v) is 12.1. The molecular formula is C25H32N4OS. The average Bonchev–Trinajstić information content (AvgIpc) is 3.19. The molecule has 0 saturated carbocycles. The minimum Gasteiger partial charge on any atom is -0.342 e. The van der Waals surface area contributed by atoms with Crippen LogP contribution in [0.4, 0.5) is 0 Å². The topological polar surface area (TPSA) is 51.0 Å². The van der Waals surface area contributed by atoms with Gasteiger partial charge in [0.15, 0.2) is 5.16 Å². The number of rotatable bonds is 11.